The molecule has 3 rings (SSSR count). The molecule has 0 saturated carbocycles. The van der Waals surface area contributed by atoms with E-state index in [4.69, 9.17) is 4.74 Å². The molecule has 1 heterocycles. The Balaban J connectivity index is 1.43. The zero-order valence-electron chi connectivity index (χ0n) is 16.2. The zero-order chi connectivity index (χ0) is 18.9. The van der Waals surface area contributed by atoms with Crippen molar-refractivity contribution in [3.8, 4) is 0 Å². The second-order valence-electron chi connectivity index (χ2n) is 7.03. The van der Waals surface area contributed by atoms with Gasteiger partial charge >= 0.3 is 0 Å². The highest BCUT2D eigenvalue weighted by Crippen LogP contribution is 2.26. The maximum absolute atomic E-state index is 11.0. The van der Waals surface area contributed by atoms with Gasteiger partial charge in [0.15, 0.2) is 0 Å². The van der Waals surface area contributed by atoms with Crippen molar-refractivity contribution in [1.82, 2.24) is 0 Å². The van der Waals surface area contributed by atoms with E-state index in [9.17, 15) is 4.79 Å². The van der Waals surface area contributed by atoms with Crippen LogP contribution in [0.4, 0.5) is 11.4 Å². The number of fused-ring (bicyclic) bond motifs is 1. The molecule has 0 fully saturated rings. The standard InChI is InChI=1S/C23H30N2O2/c1-2-27-22(18-26)17-19-10-12-21(13-11-19)24-14-6-16-25-15-5-8-20-7-3-4-9-23(20)25/h3-4,7,9-13,18,22,24H,2,5-6,8,14-17H2,1H3. The van der Waals surface area contributed by atoms with Crippen LogP contribution in [0.2, 0.25) is 0 Å². The van der Waals surface area contributed by atoms with E-state index in [1.165, 1.54) is 24.1 Å². The molecule has 1 aliphatic rings. The van der Waals surface area contributed by atoms with Crippen LogP contribution < -0.4 is 10.2 Å². The summed E-state index contributed by atoms with van der Waals surface area (Å²) in [7, 11) is 0. The maximum atomic E-state index is 11.0. The molecule has 0 aromatic heterocycles. The van der Waals surface area contributed by atoms with Gasteiger partial charge in [0.1, 0.15) is 12.4 Å². The maximum Gasteiger partial charge on any atom is 0.149 e. The Kier molecular flexibility index (Phi) is 7.28. The molecule has 1 N–H and O–H groups in total. The van der Waals surface area contributed by atoms with Gasteiger partial charge in [-0.05, 0) is 55.5 Å². The van der Waals surface area contributed by atoms with Crippen LogP contribution in [0, 0.1) is 0 Å². The minimum absolute atomic E-state index is 0.346. The monoisotopic (exact) mass is 366 g/mol. The number of aryl methyl sites for hydroxylation is 1. The Hall–Kier alpha value is -2.33. The molecule has 144 valence electrons. The lowest BCUT2D eigenvalue weighted by atomic mass is 10.0. The summed E-state index contributed by atoms with van der Waals surface area (Å²) in [6.45, 7) is 5.66. The van der Waals surface area contributed by atoms with E-state index in [0.29, 0.717) is 13.0 Å². The highest BCUT2D eigenvalue weighted by Gasteiger charge is 2.15. The summed E-state index contributed by atoms with van der Waals surface area (Å²) in [6.07, 6.45) is 4.72. The Bertz CT molecular complexity index is 715. The molecule has 1 aliphatic heterocycles. The fraction of sp³-hybridized carbons (Fsp3) is 0.435. The molecule has 0 bridgehead atoms. The SMILES string of the molecule is CCOC(C=O)Cc1ccc(NCCCN2CCCc3ccccc32)cc1. The van der Waals surface area contributed by atoms with E-state index < -0.39 is 0 Å². The Morgan fingerprint density at radius 3 is 2.78 bits per heavy atom. The number of carbonyl (C=O) groups is 1. The first-order valence-corrected chi connectivity index (χ1v) is 10.0. The molecule has 1 unspecified atom stereocenters. The second kappa shape index (κ2) is 10.1. The molecule has 0 radical (unpaired) electrons. The summed E-state index contributed by atoms with van der Waals surface area (Å²) < 4.78 is 5.40. The summed E-state index contributed by atoms with van der Waals surface area (Å²) in [4.78, 5) is 13.5. The summed E-state index contributed by atoms with van der Waals surface area (Å²) >= 11 is 0. The van der Waals surface area contributed by atoms with Crippen molar-refractivity contribution >= 4 is 17.7 Å². The fourth-order valence-corrected chi connectivity index (χ4v) is 3.70. The third-order valence-corrected chi connectivity index (χ3v) is 5.06. The molecule has 0 amide bonds. The third-order valence-electron chi connectivity index (χ3n) is 5.06. The topological polar surface area (TPSA) is 41.6 Å². The molecule has 4 heteroatoms. The van der Waals surface area contributed by atoms with Crippen LogP contribution in [0.5, 0.6) is 0 Å². The Morgan fingerprint density at radius 2 is 2.00 bits per heavy atom. The van der Waals surface area contributed by atoms with Crippen LogP contribution in [0.3, 0.4) is 0 Å². The smallest absolute Gasteiger partial charge is 0.149 e. The van der Waals surface area contributed by atoms with Gasteiger partial charge in [0.05, 0.1) is 0 Å². The number of anilines is 2. The highest BCUT2D eigenvalue weighted by molar-refractivity contribution is 5.57. The summed E-state index contributed by atoms with van der Waals surface area (Å²) in [5.74, 6) is 0. The predicted molar refractivity (Wildman–Crippen MR) is 112 cm³/mol. The van der Waals surface area contributed by atoms with Crippen LogP contribution >= 0.6 is 0 Å². The van der Waals surface area contributed by atoms with Gasteiger partial charge in [-0.15, -0.1) is 0 Å². The van der Waals surface area contributed by atoms with Gasteiger partial charge in [0.2, 0.25) is 0 Å². The zero-order valence-corrected chi connectivity index (χ0v) is 16.2. The van der Waals surface area contributed by atoms with Crippen LogP contribution in [0.25, 0.3) is 0 Å². The number of rotatable bonds is 10. The number of aldehydes is 1. The minimum atomic E-state index is -0.346. The minimum Gasteiger partial charge on any atom is -0.385 e. The number of nitrogens with one attached hydrogen (secondary N) is 1. The molecule has 2 aromatic rings. The average Bonchev–Trinajstić information content (AvgIpc) is 2.72. The fourth-order valence-electron chi connectivity index (χ4n) is 3.70. The number of hydrogen-bond acceptors (Lipinski definition) is 4. The van der Waals surface area contributed by atoms with Gasteiger partial charge in [0.25, 0.3) is 0 Å². The van der Waals surface area contributed by atoms with Gasteiger partial charge in [-0.2, -0.15) is 0 Å². The normalized spacial score (nSPS) is 14.5. The molecular formula is C23H30N2O2. The molecule has 27 heavy (non-hydrogen) atoms. The molecule has 2 aromatic carbocycles. The quantitative estimate of drug-likeness (QED) is 0.508. The van der Waals surface area contributed by atoms with Crippen LogP contribution in [-0.2, 0) is 22.4 Å². The molecule has 0 spiro atoms. The lowest BCUT2D eigenvalue weighted by molar-refractivity contribution is -0.117. The van der Waals surface area contributed by atoms with E-state index in [1.807, 2.05) is 6.92 Å². The number of para-hydroxylation sites is 1. The number of nitrogens with zero attached hydrogens (tertiary/aromatic N) is 1. The van der Waals surface area contributed by atoms with E-state index >= 15 is 0 Å². The van der Waals surface area contributed by atoms with E-state index in [1.54, 1.807) is 0 Å². The van der Waals surface area contributed by atoms with Crippen molar-refractivity contribution in [2.75, 3.05) is 36.5 Å². The van der Waals surface area contributed by atoms with Crippen molar-refractivity contribution in [3.63, 3.8) is 0 Å². The van der Waals surface area contributed by atoms with Crippen molar-refractivity contribution in [3.05, 3.63) is 59.7 Å². The van der Waals surface area contributed by atoms with Crippen molar-refractivity contribution < 1.29 is 9.53 Å². The molecule has 4 nitrogen and oxygen atoms in total. The van der Waals surface area contributed by atoms with Gasteiger partial charge in [-0.1, -0.05) is 30.3 Å². The largest absolute Gasteiger partial charge is 0.385 e. The van der Waals surface area contributed by atoms with Gasteiger partial charge < -0.3 is 19.7 Å². The number of ether oxygens (including phenoxy) is 1. The summed E-state index contributed by atoms with van der Waals surface area (Å²) in [6, 6.07) is 17.1. The summed E-state index contributed by atoms with van der Waals surface area (Å²) in [5, 5.41) is 3.50. The number of benzene rings is 2. The first kappa shape index (κ1) is 19.4. The first-order chi connectivity index (χ1) is 13.3. The third kappa shape index (κ3) is 5.57. The van der Waals surface area contributed by atoms with Gasteiger partial charge in [-0.3, -0.25) is 0 Å². The number of carbonyl (C=O) groups excluding carboxylic acids is 1. The number of hydrogen-bond donors (Lipinski definition) is 1. The van der Waals surface area contributed by atoms with Crippen molar-refractivity contribution in [1.29, 1.82) is 0 Å². The average molecular weight is 367 g/mol. The van der Waals surface area contributed by atoms with Crippen LogP contribution in [0.15, 0.2) is 48.5 Å². The van der Waals surface area contributed by atoms with Gasteiger partial charge in [-0.25, -0.2) is 0 Å². The molecular weight excluding hydrogens is 336 g/mol. The highest BCUT2D eigenvalue weighted by atomic mass is 16.5. The van der Waals surface area contributed by atoms with E-state index in [0.717, 1.165) is 43.6 Å². The predicted octanol–water partition coefficient (Wildman–Crippen LogP) is 4.09. The summed E-state index contributed by atoms with van der Waals surface area (Å²) in [5.41, 5.74) is 5.13. The van der Waals surface area contributed by atoms with Gasteiger partial charge in [0, 0.05) is 44.0 Å². The first-order valence-electron chi connectivity index (χ1n) is 10.0. The lowest BCUT2D eigenvalue weighted by Crippen LogP contribution is -2.31. The van der Waals surface area contributed by atoms with Crippen molar-refractivity contribution in [2.45, 2.75) is 38.7 Å². The molecule has 0 aliphatic carbocycles. The van der Waals surface area contributed by atoms with Crippen LogP contribution in [0.1, 0.15) is 30.9 Å². The Labute approximate surface area is 162 Å². The van der Waals surface area contributed by atoms with E-state index in [-0.39, 0.29) is 6.10 Å². The molecule has 1 atom stereocenters. The van der Waals surface area contributed by atoms with E-state index in [2.05, 4.69) is 58.7 Å². The second-order valence-corrected chi connectivity index (χ2v) is 7.03. The van der Waals surface area contributed by atoms with Crippen molar-refractivity contribution in [2.24, 2.45) is 0 Å². The Morgan fingerprint density at radius 1 is 1.19 bits per heavy atom. The van der Waals surface area contributed by atoms with Crippen LogP contribution in [-0.4, -0.2) is 38.6 Å². The lowest BCUT2D eigenvalue weighted by Gasteiger charge is -2.31. The molecule has 0 saturated heterocycles.